The van der Waals surface area contributed by atoms with Gasteiger partial charge in [-0.1, -0.05) is 26.8 Å². The second-order valence-electron chi connectivity index (χ2n) is 6.42. The summed E-state index contributed by atoms with van der Waals surface area (Å²) in [7, 11) is 0. The van der Waals surface area contributed by atoms with Crippen LogP contribution in [-0.2, 0) is 9.59 Å². The molecule has 0 radical (unpaired) electrons. The summed E-state index contributed by atoms with van der Waals surface area (Å²) in [4.78, 5) is 28.0. The maximum Gasteiger partial charge on any atom is 0.313 e. The molecule has 0 saturated heterocycles. The minimum atomic E-state index is -0.838. The largest absolute Gasteiger partial charge is 0.391 e. The van der Waals surface area contributed by atoms with E-state index in [-0.39, 0.29) is 12.0 Å². The Hall–Kier alpha value is -2.74. The van der Waals surface area contributed by atoms with Crippen LogP contribution in [0.25, 0.3) is 11.4 Å². The number of anilines is 1. The van der Waals surface area contributed by atoms with Crippen molar-refractivity contribution >= 4 is 17.5 Å². The second kappa shape index (κ2) is 7.22. The highest BCUT2D eigenvalue weighted by Gasteiger charge is 2.24. The van der Waals surface area contributed by atoms with E-state index < -0.39 is 17.9 Å². The van der Waals surface area contributed by atoms with Gasteiger partial charge in [-0.2, -0.15) is 5.10 Å². The zero-order chi connectivity index (χ0) is 17.7. The Labute approximate surface area is 139 Å². The van der Waals surface area contributed by atoms with Crippen LogP contribution in [0.3, 0.4) is 0 Å². The van der Waals surface area contributed by atoms with E-state index in [2.05, 4.69) is 25.8 Å². The molecule has 8 nitrogen and oxygen atoms in total. The molecule has 0 aliphatic carbocycles. The van der Waals surface area contributed by atoms with Crippen LogP contribution in [0.15, 0.2) is 30.6 Å². The Balaban J connectivity index is 1.98. The first-order valence-electron chi connectivity index (χ1n) is 7.51. The Kier molecular flexibility index (Phi) is 5.30. The number of aromatic amines is 1. The molecular weight excluding hydrogens is 310 g/mol. The van der Waals surface area contributed by atoms with Crippen molar-refractivity contribution in [2.45, 2.75) is 26.9 Å². The third kappa shape index (κ3) is 4.39. The summed E-state index contributed by atoms with van der Waals surface area (Å²) in [6.45, 7) is 5.52. The van der Waals surface area contributed by atoms with E-state index in [1.807, 2.05) is 20.8 Å². The Morgan fingerprint density at radius 1 is 1.29 bits per heavy atom. The molecule has 24 heavy (non-hydrogen) atoms. The summed E-state index contributed by atoms with van der Waals surface area (Å²) in [5.74, 6) is -1.67. The molecule has 0 spiro atoms. The van der Waals surface area contributed by atoms with E-state index in [1.165, 1.54) is 6.20 Å². The number of aromatic nitrogens is 3. The Morgan fingerprint density at radius 3 is 2.67 bits per heavy atom. The van der Waals surface area contributed by atoms with Gasteiger partial charge < -0.3 is 15.7 Å². The molecule has 0 aliphatic heterocycles. The van der Waals surface area contributed by atoms with Gasteiger partial charge in [-0.05, 0) is 17.5 Å². The van der Waals surface area contributed by atoms with Crippen molar-refractivity contribution in [2.75, 3.05) is 11.9 Å². The lowest BCUT2D eigenvalue weighted by Gasteiger charge is -2.25. The van der Waals surface area contributed by atoms with Gasteiger partial charge in [-0.25, -0.2) is 0 Å². The summed E-state index contributed by atoms with van der Waals surface area (Å²) in [6, 6.07) is 5.32. The van der Waals surface area contributed by atoms with Crippen molar-refractivity contribution in [1.29, 1.82) is 0 Å². The van der Waals surface area contributed by atoms with Crippen LogP contribution < -0.4 is 10.6 Å². The lowest BCUT2D eigenvalue weighted by atomic mass is 9.89. The van der Waals surface area contributed by atoms with Gasteiger partial charge in [-0.15, -0.1) is 0 Å². The standard InChI is InChI=1S/C16H21N5O3/c1-16(2,3)12(22)9-18-14(23)15(24)20-11-8-19-21-13(11)10-6-4-5-7-17-10/h4-8,12,22H,9H2,1-3H3,(H,18,23)(H,19,21)(H,20,24). The molecule has 2 rings (SSSR count). The number of amides is 2. The first-order valence-corrected chi connectivity index (χ1v) is 7.51. The number of rotatable bonds is 4. The van der Waals surface area contributed by atoms with Crippen LogP contribution >= 0.6 is 0 Å². The van der Waals surface area contributed by atoms with Gasteiger partial charge in [0.25, 0.3) is 0 Å². The highest BCUT2D eigenvalue weighted by molar-refractivity contribution is 6.39. The molecule has 2 aromatic heterocycles. The fraction of sp³-hybridized carbons (Fsp3) is 0.375. The van der Waals surface area contributed by atoms with Gasteiger partial charge in [0, 0.05) is 12.7 Å². The van der Waals surface area contributed by atoms with Crippen LogP contribution in [0.4, 0.5) is 5.69 Å². The van der Waals surface area contributed by atoms with Crippen LogP contribution in [-0.4, -0.2) is 44.8 Å². The number of carbonyl (C=O) groups is 2. The quantitative estimate of drug-likeness (QED) is 0.621. The van der Waals surface area contributed by atoms with E-state index in [9.17, 15) is 14.7 Å². The highest BCUT2D eigenvalue weighted by Crippen LogP contribution is 2.23. The monoisotopic (exact) mass is 331 g/mol. The molecule has 0 fully saturated rings. The van der Waals surface area contributed by atoms with Crippen molar-refractivity contribution in [3.8, 4) is 11.4 Å². The van der Waals surface area contributed by atoms with Crippen LogP contribution in [0, 0.1) is 5.41 Å². The lowest BCUT2D eigenvalue weighted by molar-refractivity contribution is -0.136. The predicted molar refractivity (Wildman–Crippen MR) is 88.9 cm³/mol. The maximum absolute atomic E-state index is 12.0. The fourth-order valence-corrected chi connectivity index (χ4v) is 1.84. The van der Waals surface area contributed by atoms with Gasteiger partial charge in [0.05, 0.1) is 23.7 Å². The van der Waals surface area contributed by atoms with Crippen molar-refractivity contribution in [3.63, 3.8) is 0 Å². The topological polar surface area (TPSA) is 120 Å². The van der Waals surface area contributed by atoms with Gasteiger partial charge in [0.15, 0.2) is 0 Å². The van der Waals surface area contributed by atoms with Crippen molar-refractivity contribution in [2.24, 2.45) is 5.41 Å². The predicted octanol–water partition coefficient (Wildman–Crippen LogP) is 0.933. The SMILES string of the molecule is CC(C)(C)C(O)CNC(=O)C(=O)Nc1cn[nH]c1-c1ccccn1. The number of hydrogen-bond acceptors (Lipinski definition) is 5. The summed E-state index contributed by atoms with van der Waals surface area (Å²) in [5, 5.41) is 21.4. The van der Waals surface area contributed by atoms with Gasteiger partial charge in [0.2, 0.25) is 0 Å². The van der Waals surface area contributed by atoms with Crippen LogP contribution in [0.2, 0.25) is 0 Å². The van der Waals surface area contributed by atoms with Crippen LogP contribution in [0.5, 0.6) is 0 Å². The smallest absolute Gasteiger partial charge is 0.313 e. The molecule has 0 bridgehead atoms. The van der Waals surface area contributed by atoms with E-state index >= 15 is 0 Å². The summed E-state index contributed by atoms with van der Waals surface area (Å²) >= 11 is 0. The fourth-order valence-electron chi connectivity index (χ4n) is 1.84. The third-order valence-corrected chi connectivity index (χ3v) is 3.47. The lowest BCUT2D eigenvalue weighted by Crippen LogP contribution is -2.43. The molecule has 2 aromatic rings. The minimum Gasteiger partial charge on any atom is -0.391 e. The molecule has 2 amide bonds. The normalized spacial score (nSPS) is 12.5. The number of H-pyrrole nitrogens is 1. The maximum atomic E-state index is 12.0. The number of pyridine rings is 1. The van der Waals surface area contributed by atoms with Crippen molar-refractivity contribution in [1.82, 2.24) is 20.5 Å². The zero-order valence-corrected chi connectivity index (χ0v) is 13.8. The number of nitrogens with zero attached hydrogens (tertiary/aromatic N) is 2. The van der Waals surface area contributed by atoms with Crippen molar-refractivity contribution in [3.05, 3.63) is 30.6 Å². The molecule has 1 unspecified atom stereocenters. The van der Waals surface area contributed by atoms with Gasteiger partial charge >= 0.3 is 11.8 Å². The molecule has 0 saturated carbocycles. The molecule has 1 atom stereocenters. The molecule has 0 aliphatic rings. The third-order valence-electron chi connectivity index (χ3n) is 3.47. The number of carbonyl (C=O) groups excluding carboxylic acids is 2. The Bertz CT molecular complexity index is 706. The van der Waals surface area contributed by atoms with Gasteiger partial charge in [0.1, 0.15) is 5.69 Å². The summed E-state index contributed by atoms with van der Waals surface area (Å²) < 4.78 is 0. The van der Waals surface area contributed by atoms with Crippen molar-refractivity contribution < 1.29 is 14.7 Å². The molecule has 128 valence electrons. The second-order valence-corrected chi connectivity index (χ2v) is 6.42. The molecule has 2 heterocycles. The minimum absolute atomic E-state index is 0.00572. The first-order chi connectivity index (χ1) is 11.3. The number of aliphatic hydroxyl groups excluding tert-OH is 1. The van der Waals surface area contributed by atoms with E-state index in [4.69, 9.17) is 0 Å². The average Bonchev–Trinajstić information content (AvgIpc) is 3.00. The number of aliphatic hydroxyl groups is 1. The van der Waals surface area contributed by atoms with E-state index in [0.29, 0.717) is 17.1 Å². The zero-order valence-electron chi connectivity index (χ0n) is 13.8. The molecule has 4 N–H and O–H groups in total. The molecular formula is C16H21N5O3. The number of hydrogen-bond donors (Lipinski definition) is 4. The van der Waals surface area contributed by atoms with E-state index in [1.54, 1.807) is 24.4 Å². The summed E-state index contributed by atoms with van der Waals surface area (Å²) in [5.41, 5.74) is 1.06. The van der Waals surface area contributed by atoms with E-state index in [0.717, 1.165) is 0 Å². The first kappa shape index (κ1) is 17.6. The highest BCUT2D eigenvalue weighted by atomic mass is 16.3. The Morgan fingerprint density at radius 2 is 2.04 bits per heavy atom. The van der Waals surface area contributed by atoms with Crippen LogP contribution in [0.1, 0.15) is 20.8 Å². The molecule has 8 heteroatoms. The average molecular weight is 331 g/mol. The summed E-state index contributed by atoms with van der Waals surface area (Å²) in [6.07, 6.45) is 2.26. The molecule has 0 aromatic carbocycles. The van der Waals surface area contributed by atoms with Gasteiger partial charge in [-0.3, -0.25) is 19.7 Å². The number of nitrogens with one attached hydrogen (secondary N) is 3.